The van der Waals surface area contributed by atoms with Gasteiger partial charge in [-0.25, -0.2) is 4.79 Å². The Morgan fingerprint density at radius 2 is 1.89 bits per heavy atom. The molecule has 0 spiro atoms. The van der Waals surface area contributed by atoms with Crippen molar-refractivity contribution < 1.29 is 9.90 Å². The molecule has 0 amide bonds. The Kier molecular flexibility index (Phi) is 5.41. The van der Waals surface area contributed by atoms with Crippen molar-refractivity contribution in [2.45, 2.75) is 40.0 Å². The van der Waals surface area contributed by atoms with Crippen LogP contribution < -0.4 is 0 Å². The predicted octanol–water partition coefficient (Wildman–Crippen LogP) is 4.20. The molecule has 1 N–H and O–H groups in total. The van der Waals surface area contributed by atoms with Crippen LogP contribution >= 0.6 is 0 Å². The van der Waals surface area contributed by atoms with E-state index in [-0.39, 0.29) is 0 Å². The standard InChI is InChI=1S/C16H20O2/c1-4-5-6-15(16(17)18)11-13(3)14-9-7-12(2)8-10-14/h7-10H,4-6H2,1-3H3,(H,17,18). The quantitative estimate of drug-likeness (QED) is 0.622. The predicted molar refractivity (Wildman–Crippen MR) is 74.4 cm³/mol. The molecule has 0 saturated heterocycles. The SMILES string of the molecule is CCCCC(=C=C(C)c1ccc(C)cc1)C(=O)O. The lowest BCUT2D eigenvalue weighted by Crippen LogP contribution is -1.99. The molecule has 0 radical (unpaired) electrons. The molecule has 0 aromatic heterocycles. The second-order valence-electron chi connectivity index (χ2n) is 4.50. The molecule has 0 bridgehead atoms. The number of carboxylic acid groups (broad SMARTS) is 1. The topological polar surface area (TPSA) is 37.3 Å². The maximum absolute atomic E-state index is 11.1. The minimum atomic E-state index is -0.866. The maximum atomic E-state index is 11.1. The van der Waals surface area contributed by atoms with Crippen molar-refractivity contribution in [3.8, 4) is 0 Å². The monoisotopic (exact) mass is 244 g/mol. The van der Waals surface area contributed by atoms with Gasteiger partial charge in [0.15, 0.2) is 0 Å². The number of carbonyl (C=O) groups is 1. The number of carboxylic acids is 1. The zero-order valence-corrected chi connectivity index (χ0v) is 11.3. The lowest BCUT2D eigenvalue weighted by atomic mass is 10.0. The maximum Gasteiger partial charge on any atom is 0.339 e. The minimum absolute atomic E-state index is 0.370. The third-order valence-electron chi connectivity index (χ3n) is 2.86. The van der Waals surface area contributed by atoms with Crippen molar-refractivity contribution in [3.63, 3.8) is 0 Å². The van der Waals surface area contributed by atoms with E-state index in [1.807, 2.05) is 38.1 Å². The fourth-order valence-electron chi connectivity index (χ4n) is 1.68. The van der Waals surface area contributed by atoms with Crippen LogP contribution in [0.5, 0.6) is 0 Å². The second-order valence-corrected chi connectivity index (χ2v) is 4.50. The number of rotatable bonds is 5. The third-order valence-corrected chi connectivity index (χ3v) is 2.86. The Balaban J connectivity index is 3.08. The Morgan fingerprint density at radius 3 is 2.39 bits per heavy atom. The highest BCUT2D eigenvalue weighted by Crippen LogP contribution is 2.15. The van der Waals surface area contributed by atoms with E-state index in [1.54, 1.807) is 0 Å². The molecule has 1 rings (SSSR count). The van der Waals surface area contributed by atoms with Crippen molar-refractivity contribution >= 4 is 11.5 Å². The number of aryl methyl sites for hydroxylation is 1. The van der Waals surface area contributed by atoms with Crippen LogP contribution in [0.3, 0.4) is 0 Å². The molecule has 0 saturated carbocycles. The van der Waals surface area contributed by atoms with Crippen LogP contribution in [0.1, 0.15) is 44.2 Å². The van der Waals surface area contributed by atoms with Crippen molar-refractivity contribution in [2.24, 2.45) is 0 Å². The normalized spacial score (nSPS) is 9.72. The summed E-state index contributed by atoms with van der Waals surface area (Å²) >= 11 is 0. The molecule has 18 heavy (non-hydrogen) atoms. The molecule has 0 aliphatic rings. The van der Waals surface area contributed by atoms with Crippen molar-refractivity contribution in [3.05, 3.63) is 46.7 Å². The average Bonchev–Trinajstić information content (AvgIpc) is 2.34. The molecule has 1 aromatic rings. The van der Waals surface area contributed by atoms with Gasteiger partial charge in [0.05, 0.1) is 5.57 Å². The van der Waals surface area contributed by atoms with E-state index in [4.69, 9.17) is 5.11 Å². The number of unbranched alkanes of at least 4 members (excludes halogenated alkanes) is 1. The van der Waals surface area contributed by atoms with E-state index in [1.165, 1.54) is 5.56 Å². The summed E-state index contributed by atoms with van der Waals surface area (Å²) in [5.74, 6) is -0.866. The minimum Gasteiger partial charge on any atom is -0.477 e. The van der Waals surface area contributed by atoms with E-state index in [2.05, 4.69) is 12.7 Å². The summed E-state index contributed by atoms with van der Waals surface area (Å²) in [6.45, 7) is 5.98. The van der Waals surface area contributed by atoms with Crippen LogP contribution in [-0.2, 0) is 4.79 Å². The fourth-order valence-corrected chi connectivity index (χ4v) is 1.68. The van der Waals surface area contributed by atoms with Gasteiger partial charge in [-0.3, -0.25) is 0 Å². The molecule has 96 valence electrons. The van der Waals surface area contributed by atoms with Gasteiger partial charge in [0.1, 0.15) is 0 Å². The molecule has 0 atom stereocenters. The summed E-state index contributed by atoms with van der Waals surface area (Å²) in [6.07, 6.45) is 2.45. The third kappa shape index (κ3) is 4.23. The van der Waals surface area contributed by atoms with Gasteiger partial charge in [0, 0.05) is 0 Å². The van der Waals surface area contributed by atoms with Crippen LogP contribution in [0.25, 0.3) is 5.57 Å². The van der Waals surface area contributed by atoms with E-state index >= 15 is 0 Å². The van der Waals surface area contributed by atoms with E-state index in [0.717, 1.165) is 24.0 Å². The molecule has 0 heterocycles. The first kappa shape index (κ1) is 14.3. The Hall–Kier alpha value is -1.79. The molecule has 1 aromatic carbocycles. The number of hydrogen-bond acceptors (Lipinski definition) is 1. The van der Waals surface area contributed by atoms with Crippen LogP contribution in [0.4, 0.5) is 0 Å². The van der Waals surface area contributed by atoms with Crippen molar-refractivity contribution in [2.75, 3.05) is 0 Å². The molecular weight excluding hydrogens is 224 g/mol. The van der Waals surface area contributed by atoms with Gasteiger partial charge in [-0.1, -0.05) is 43.2 Å². The van der Waals surface area contributed by atoms with Gasteiger partial charge in [-0.15, -0.1) is 5.73 Å². The summed E-state index contributed by atoms with van der Waals surface area (Å²) in [6, 6.07) is 8.04. The summed E-state index contributed by atoms with van der Waals surface area (Å²) in [4.78, 5) is 11.1. The van der Waals surface area contributed by atoms with Crippen molar-refractivity contribution in [1.82, 2.24) is 0 Å². The fraction of sp³-hybridized carbons (Fsp3) is 0.375. The van der Waals surface area contributed by atoms with Crippen LogP contribution in [0.2, 0.25) is 0 Å². The Morgan fingerprint density at radius 1 is 1.28 bits per heavy atom. The molecular formula is C16H20O2. The first-order chi connectivity index (χ1) is 8.54. The molecule has 0 fully saturated rings. The molecule has 0 aliphatic heterocycles. The molecule has 2 heteroatoms. The zero-order valence-electron chi connectivity index (χ0n) is 11.3. The Labute approximate surface area is 109 Å². The first-order valence-electron chi connectivity index (χ1n) is 6.31. The summed E-state index contributed by atoms with van der Waals surface area (Å²) in [5.41, 5.74) is 6.49. The largest absolute Gasteiger partial charge is 0.477 e. The van der Waals surface area contributed by atoms with Crippen LogP contribution in [-0.4, -0.2) is 11.1 Å². The summed E-state index contributed by atoms with van der Waals surface area (Å²) in [7, 11) is 0. The molecule has 0 aliphatic carbocycles. The lowest BCUT2D eigenvalue weighted by molar-refractivity contribution is -0.132. The van der Waals surface area contributed by atoms with E-state index in [0.29, 0.717) is 12.0 Å². The van der Waals surface area contributed by atoms with Gasteiger partial charge in [0.2, 0.25) is 0 Å². The highest BCUT2D eigenvalue weighted by Gasteiger charge is 2.06. The highest BCUT2D eigenvalue weighted by atomic mass is 16.4. The van der Waals surface area contributed by atoms with Gasteiger partial charge in [-0.05, 0) is 37.8 Å². The summed E-state index contributed by atoms with van der Waals surface area (Å²) < 4.78 is 0. The first-order valence-corrected chi connectivity index (χ1v) is 6.31. The van der Waals surface area contributed by atoms with Gasteiger partial charge in [0.25, 0.3) is 0 Å². The van der Waals surface area contributed by atoms with E-state index in [9.17, 15) is 4.79 Å². The van der Waals surface area contributed by atoms with Gasteiger partial charge in [-0.2, -0.15) is 0 Å². The van der Waals surface area contributed by atoms with Gasteiger partial charge >= 0.3 is 5.97 Å². The van der Waals surface area contributed by atoms with Crippen molar-refractivity contribution in [1.29, 1.82) is 0 Å². The smallest absolute Gasteiger partial charge is 0.339 e. The summed E-state index contributed by atoms with van der Waals surface area (Å²) in [5, 5.41) is 9.13. The molecule has 2 nitrogen and oxygen atoms in total. The second kappa shape index (κ2) is 6.83. The number of aliphatic carboxylic acids is 1. The van der Waals surface area contributed by atoms with Gasteiger partial charge < -0.3 is 5.11 Å². The number of benzene rings is 1. The van der Waals surface area contributed by atoms with E-state index < -0.39 is 5.97 Å². The Bertz CT molecular complexity index is 474. The molecule has 0 unspecified atom stereocenters. The van der Waals surface area contributed by atoms with Crippen LogP contribution in [0, 0.1) is 6.92 Å². The number of hydrogen-bond donors (Lipinski definition) is 1. The zero-order chi connectivity index (χ0) is 13.5. The van der Waals surface area contributed by atoms with Crippen LogP contribution in [0.15, 0.2) is 35.6 Å². The lowest BCUT2D eigenvalue weighted by Gasteiger charge is -2.01. The average molecular weight is 244 g/mol. The highest BCUT2D eigenvalue weighted by molar-refractivity contribution is 5.87.